The van der Waals surface area contributed by atoms with Gasteiger partial charge < -0.3 is 5.73 Å². The van der Waals surface area contributed by atoms with Gasteiger partial charge in [0, 0.05) is 6.04 Å². The third-order valence-electron chi connectivity index (χ3n) is 5.79. The molecule has 1 aromatic rings. The molecule has 1 nitrogen and oxygen atoms in total. The van der Waals surface area contributed by atoms with Gasteiger partial charge in [-0.2, -0.15) is 0 Å². The zero-order valence-electron chi connectivity index (χ0n) is 12.6. The first-order chi connectivity index (χ1) is 9.83. The van der Waals surface area contributed by atoms with Crippen LogP contribution in [0.2, 0.25) is 0 Å². The van der Waals surface area contributed by atoms with Crippen molar-refractivity contribution in [1.29, 1.82) is 0 Å². The molecule has 0 saturated heterocycles. The molecule has 20 heavy (non-hydrogen) atoms. The zero-order valence-corrected chi connectivity index (χ0v) is 12.6. The van der Waals surface area contributed by atoms with Gasteiger partial charge in [0.15, 0.2) is 0 Å². The SMILES string of the molecule is NC(CCc1ccccc1)C1CCC2CCCCC2C1. The Morgan fingerprint density at radius 3 is 2.50 bits per heavy atom. The minimum atomic E-state index is 0.415. The molecule has 0 aromatic heterocycles. The summed E-state index contributed by atoms with van der Waals surface area (Å²) in [5.41, 5.74) is 7.96. The van der Waals surface area contributed by atoms with E-state index < -0.39 is 0 Å². The van der Waals surface area contributed by atoms with Crippen LogP contribution in [0.5, 0.6) is 0 Å². The molecule has 0 heterocycles. The van der Waals surface area contributed by atoms with Crippen LogP contribution in [0.1, 0.15) is 56.9 Å². The normalized spacial score (nSPS) is 31.6. The maximum atomic E-state index is 6.52. The van der Waals surface area contributed by atoms with E-state index >= 15 is 0 Å². The Morgan fingerprint density at radius 2 is 1.70 bits per heavy atom. The fourth-order valence-electron chi connectivity index (χ4n) is 4.51. The maximum absolute atomic E-state index is 6.52. The summed E-state index contributed by atoms with van der Waals surface area (Å²) in [5.74, 6) is 2.84. The average molecular weight is 271 g/mol. The van der Waals surface area contributed by atoms with Gasteiger partial charge >= 0.3 is 0 Å². The minimum Gasteiger partial charge on any atom is -0.327 e. The molecular weight excluding hydrogens is 242 g/mol. The lowest BCUT2D eigenvalue weighted by atomic mass is 9.66. The summed E-state index contributed by atoms with van der Waals surface area (Å²) in [5, 5.41) is 0. The van der Waals surface area contributed by atoms with Crippen molar-refractivity contribution in [3.8, 4) is 0 Å². The Kier molecular flexibility index (Phi) is 4.77. The standard InChI is InChI=1S/C19H29N/c20-19(13-10-15-6-2-1-3-7-15)18-12-11-16-8-4-5-9-17(16)14-18/h1-3,6-7,16-19H,4-5,8-14,20H2. The summed E-state index contributed by atoms with van der Waals surface area (Å²) in [6, 6.07) is 11.2. The second-order valence-corrected chi connectivity index (χ2v) is 7.07. The predicted molar refractivity (Wildman–Crippen MR) is 85.5 cm³/mol. The van der Waals surface area contributed by atoms with Crippen LogP contribution in [-0.4, -0.2) is 6.04 Å². The first-order valence-electron chi connectivity index (χ1n) is 8.62. The van der Waals surface area contributed by atoms with Crippen molar-refractivity contribution >= 4 is 0 Å². The van der Waals surface area contributed by atoms with Crippen molar-refractivity contribution < 1.29 is 0 Å². The first kappa shape index (κ1) is 14.1. The van der Waals surface area contributed by atoms with E-state index in [9.17, 15) is 0 Å². The van der Waals surface area contributed by atoms with Crippen LogP contribution in [-0.2, 0) is 6.42 Å². The van der Waals surface area contributed by atoms with Gasteiger partial charge in [0.2, 0.25) is 0 Å². The molecule has 2 fully saturated rings. The summed E-state index contributed by atoms with van der Waals surface area (Å²) in [6.07, 6.45) is 12.5. The van der Waals surface area contributed by atoms with Crippen LogP contribution in [0, 0.1) is 17.8 Å². The minimum absolute atomic E-state index is 0.415. The Balaban J connectivity index is 1.49. The number of aryl methyl sites for hydroxylation is 1. The highest BCUT2D eigenvalue weighted by Gasteiger charge is 2.34. The fraction of sp³-hybridized carbons (Fsp3) is 0.684. The molecule has 2 saturated carbocycles. The van der Waals surface area contributed by atoms with Crippen molar-refractivity contribution in [2.75, 3.05) is 0 Å². The topological polar surface area (TPSA) is 26.0 Å². The van der Waals surface area contributed by atoms with E-state index in [1.54, 1.807) is 0 Å². The van der Waals surface area contributed by atoms with Gasteiger partial charge in [-0.05, 0) is 55.4 Å². The third kappa shape index (κ3) is 3.44. The number of hydrogen-bond donors (Lipinski definition) is 1. The van der Waals surface area contributed by atoms with Crippen molar-refractivity contribution in [1.82, 2.24) is 0 Å². The Hall–Kier alpha value is -0.820. The van der Waals surface area contributed by atoms with Gasteiger partial charge in [-0.25, -0.2) is 0 Å². The highest BCUT2D eigenvalue weighted by atomic mass is 14.7. The van der Waals surface area contributed by atoms with Gasteiger partial charge in [-0.15, -0.1) is 0 Å². The molecule has 1 heteroatoms. The van der Waals surface area contributed by atoms with Crippen LogP contribution in [0.3, 0.4) is 0 Å². The zero-order chi connectivity index (χ0) is 13.8. The molecule has 0 radical (unpaired) electrons. The number of hydrogen-bond acceptors (Lipinski definition) is 1. The predicted octanol–water partition coefficient (Wildman–Crippen LogP) is 4.55. The summed E-state index contributed by atoms with van der Waals surface area (Å²) in [6.45, 7) is 0. The van der Waals surface area contributed by atoms with E-state index in [1.807, 2.05) is 0 Å². The summed E-state index contributed by atoms with van der Waals surface area (Å²) in [7, 11) is 0. The molecule has 4 unspecified atom stereocenters. The van der Waals surface area contributed by atoms with Gasteiger partial charge in [0.1, 0.15) is 0 Å². The average Bonchev–Trinajstić information content (AvgIpc) is 2.53. The number of rotatable bonds is 4. The van der Waals surface area contributed by atoms with E-state index in [1.165, 1.54) is 50.5 Å². The first-order valence-corrected chi connectivity index (χ1v) is 8.62. The Morgan fingerprint density at radius 1 is 0.950 bits per heavy atom. The molecule has 110 valence electrons. The van der Waals surface area contributed by atoms with Crippen LogP contribution in [0.15, 0.2) is 30.3 Å². The lowest BCUT2D eigenvalue weighted by molar-refractivity contribution is 0.115. The van der Waals surface area contributed by atoms with Crippen LogP contribution >= 0.6 is 0 Å². The molecule has 3 rings (SSSR count). The maximum Gasteiger partial charge on any atom is 0.00704 e. The van der Waals surface area contributed by atoms with Crippen LogP contribution in [0.4, 0.5) is 0 Å². The van der Waals surface area contributed by atoms with Gasteiger partial charge in [-0.1, -0.05) is 56.0 Å². The second kappa shape index (κ2) is 6.76. The molecule has 0 amide bonds. The summed E-state index contributed by atoms with van der Waals surface area (Å²) < 4.78 is 0. The van der Waals surface area contributed by atoms with E-state index in [2.05, 4.69) is 30.3 Å². The summed E-state index contributed by atoms with van der Waals surface area (Å²) >= 11 is 0. The fourth-order valence-corrected chi connectivity index (χ4v) is 4.51. The lowest BCUT2D eigenvalue weighted by Gasteiger charge is -2.41. The number of fused-ring (bicyclic) bond motifs is 1. The second-order valence-electron chi connectivity index (χ2n) is 7.07. The molecule has 2 aliphatic rings. The van der Waals surface area contributed by atoms with Gasteiger partial charge in [0.25, 0.3) is 0 Å². The van der Waals surface area contributed by atoms with E-state index in [-0.39, 0.29) is 0 Å². The van der Waals surface area contributed by atoms with Crippen molar-refractivity contribution in [3.63, 3.8) is 0 Å². The number of nitrogens with two attached hydrogens (primary N) is 1. The summed E-state index contributed by atoms with van der Waals surface area (Å²) in [4.78, 5) is 0. The van der Waals surface area contributed by atoms with Crippen molar-refractivity contribution in [2.45, 2.75) is 63.8 Å². The molecule has 1 aromatic carbocycles. The van der Waals surface area contributed by atoms with E-state index in [0.29, 0.717) is 6.04 Å². The Bertz CT molecular complexity index is 399. The largest absolute Gasteiger partial charge is 0.327 e. The molecule has 0 aliphatic heterocycles. The number of benzene rings is 1. The van der Waals surface area contributed by atoms with E-state index in [4.69, 9.17) is 5.73 Å². The lowest BCUT2D eigenvalue weighted by Crippen LogP contribution is -2.37. The Labute approximate surface area is 124 Å². The van der Waals surface area contributed by atoms with Crippen molar-refractivity contribution in [2.24, 2.45) is 23.5 Å². The molecule has 4 atom stereocenters. The highest BCUT2D eigenvalue weighted by Crippen LogP contribution is 2.43. The molecule has 0 bridgehead atoms. The van der Waals surface area contributed by atoms with E-state index in [0.717, 1.165) is 30.6 Å². The third-order valence-corrected chi connectivity index (χ3v) is 5.79. The van der Waals surface area contributed by atoms with Crippen LogP contribution in [0.25, 0.3) is 0 Å². The smallest absolute Gasteiger partial charge is 0.00704 e. The monoisotopic (exact) mass is 271 g/mol. The molecular formula is C19H29N. The van der Waals surface area contributed by atoms with Gasteiger partial charge in [-0.3, -0.25) is 0 Å². The van der Waals surface area contributed by atoms with Crippen molar-refractivity contribution in [3.05, 3.63) is 35.9 Å². The highest BCUT2D eigenvalue weighted by molar-refractivity contribution is 5.14. The van der Waals surface area contributed by atoms with Gasteiger partial charge in [0.05, 0.1) is 0 Å². The quantitative estimate of drug-likeness (QED) is 0.854. The molecule has 2 aliphatic carbocycles. The molecule has 2 N–H and O–H groups in total. The molecule has 0 spiro atoms. The van der Waals surface area contributed by atoms with Crippen LogP contribution < -0.4 is 5.73 Å².